The number of esters is 1. The van der Waals surface area contributed by atoms with Crippen molar-refractivity contribution in [1.82, 2.24) is 19.7 Å². The maximum atomic E-state index is 15.7. The van der Waals surface area contributed by atoms with Crippen LogP contribution in [0.2, 0.25) is 0 Å². The summed E-state index contributed by atoms with van der Waals surface area (Å²) in [7, 11) is -2.06. The Bertz CT molecular complexity index is 2330. The Hall–Kier alpha value is -5.09. The predicted octanol–water partition coefficient (Wildman–Crippen LogP) is 7.75. The smallest absolute Gasteiger partial charge is 0.308 e. The second kappa shape index (κ2) is 14.7. The first-order chi connectivity index (χ1) is 25.1. The number of carbonyl (C=O) groups excluding carboxylic acids is 1. The van der Waals surface area contributed by atoms with Crippen molar-refractivity contribution in [3.05, 3.63) is 94.9 Å². The number of hydrogen-bond donors (Lipinski definition) is 1. The number of nitrogens with one attached hydrogen (secondary N) is 1. The van der Waals surface area contributed by atoms with Gasteiger partial charge in [0.1, 0.15) is 17.0 Å². The Morgan fingerprint density at radius 2 is 1.92 bits per heavy atom. The first-order valence-electron chi connectivity index (χ1n) is 17.7. The highest BCUT2D eigenvalue weighted by Crippen LogP contribution is 2.41. The van der Waals surface area contributed by atoms with Gasteiger partial charge in [-0.15, -0.1) is 0 Å². The lowest BCUT2D eigenvalue weighted by Gasteiger charge is -2.29. The molecular formula is C40H43F2N5O5S. The molecule has 0 spiro atoms. The molecule has 3 heterocycles. The SMILES string of the molecule is CCOC(=O)C(C)Cc1cccc(C2(C#N)CCCC(C)(C)CS(=O)(=O)CCc3c(c(F)cc4[nH]ccc34)Oc3ccc(F)c(c3)-c3nc2nn3C)c1. The van der Waals surface area contributed by atoms with Crippen LogP contribution in [0.4, 0.5) is 8.78 Å². The van der Waals surface area contributed by atoms with Gasteiger partial charge in [-0.1, -0.05) is 51.5 Å². The zero-order chi connectivity index (χ0) is 38.1. The molecule has 2 unspecified atom stereocenters. The number of aromatic amines is 1. The van der Waals surface area contributed by atoms with Crippen molar-refractivity contribution >= 4 is 26.7 Å². The number of benzene rings is 3. The summed E-state index contributed by atoms with van der Waals surface area (Å²) in [5.41, 5.74) is 0.183. The molecule has 0 aliphatic carbocycles. The molecule has 1 aliphatic rings. The van der Waals surface area contributed by atoms with Crippen LogP contribution in [-0.4, -0.2) is 52.2 Å². The highest BCUT2D eigenvalue weighted by molar-refractivity contribution is 7.91. The minimum absolute atomic E-state index is 0.0107. The Morgan fingerprint density at radius 3 is 2.68 bits per heavy atom. The van der Waals surface area contributed by atoms with Gasteiger partial charge < -0.3 is 14.5 Å². The van der Waals surface area contributed by atoms with E-state index in [1.807, 2.05) is 38.1 Å². The van der Waals surface area contributed by atoms with Crippen LogP contribution < -0.4 is 4.74 Å². The Balaban J connectivity index is 1.50. The first-order valence-corrected chi connectivity index (χ1v) is 19.5. The highest BCUT2D eigenvalue weighted by Gasteiger charge is 2.40. The summed E-state index contributed by atoms with van der Waals surface area (Å²) in [5.74, 6) is -2.26. The average Bonchev–Trinajstić information content (AvgIpc) is 3.73. The molecule has 6 rings (SSSR count). The van der Waals surface area contributed by atoms with Crippen molar-refractivity contribution < 1.29 is 31.5 Å². The third-order valence-corrected chi connectivity index (χ3v) is 12.0. The quantitative estimate of drug-likeness (QED) is 0.180. The summed E-state index contributed by atoms with van der Waals surface area (Å²) in [5, 5.41) is 16.4. The molecule has 10 nitrogen and oxygen atoms in total. The van der Waals surface area contributed by atoms with Crippen molar-refractivity contribution in [3.8, 4) is 29.0 Å². The molecule has 2 atom stereocenters. The fourth-order valence-corrected chi connectivity index (χ4v) is 9.30. The lowest BCUT2D eigenvalue weighted by Crippen LogP contribution is -2.30. The molecule has 4 bridgehead atoms. The van der Waals surface area contributed by atoms with Crippen molar-refractivity contribution in [2.75, 3.05) is 18.1 Å². The van der Waals surface area contributed by atoms with E-state index in [1.165, 1.54) is 28.9 Å². The topological polar surface area (TPSA) is 140 Å². The molecule has 1 aliphatic heterocycles. The Morgan fingerprint density at radius 1 is 1.13 bits per heavy atom. The van der Waals surface area contributed by atoms with Crippen molar-refractivity contribution in [2.45, 2.75) is 65.2 Å². The minimum atomic E-state index is -3.66. The zero-order valence-electron chi connectivity index (χ0n) is 30.5. The van der Waals surface area contributed by atoms with Crippen LogP contribution in [0.5, 0.6) is 11.5 Å². The Kier molecular flexibility index (Phi) is 10.5. The summed E-state index contributed by atoms with van der Waals surface area (Å²) in [4.78, 5) is 20.2. The van der Waals surface area contributed by atoms with Gasteiger partial charge in [0.15, 0.2) is 33.1 Å². The molecule has 1 N–H and O–H groups in total. The molecule has 13 heteroatoms. The molecule has 0 amide bonds. The summed E-state index contributed by atoms with van der Waals surface area (Å²) >= 11 is 0. The molecular weight excluding hydrogens is 701 g/mol. The number of H-pyrrole nitrogens is 1. The fraction of sp³-hybridized carbons (Fsp3) is 0.400. The Labute approximate surface area is 308 Å². The van der Waals surface area contributed by atoms with Gasteiger partial charge in [-0.3, -0.25) is 4.79 Å². The van der Waals surface area contributed by atoms with Crippen LogP contribution >= 0.6 is 0 Å². The summed E-state index contributed by atoms with van der Waals surface area (Å²) in [6, 6.07) is 16.8. The number of nitrogens with zero attached hydrogens (tertiary/aromatic N) is 4. The summed E-state index contributed by atoms with van der Waals surface area (Å²) in [6.45, 7) is 7.55. The van der Waals surface area contributed by atoms with Crippen LogP contribution in [-0.2, 0) is 44.7 Å². The number of aryl methyl sites for hydroxylation is 2. The first kappa shape index (κ1) is 37.7. The van der Waals surface area contributed by atoms with Crippen LogP contribution in [0.3, 0.4) is 0 Å². The van der Waals surface area contributed by atoms with E-state index in [0.29, 0.717) is 41.3 Å². The molecule has 0 saturated heterocycles. The van der Waals surface area contributed by atoms with E-state index >= 15 is 8.78 Å². The number of carbonyl (C=O) groups is 1. The van der Waals surface area contributed by atoms with Gasteiger partial charge in [0.2, 0.25) is 0 Å². The lowest BCUT2D eigenvalue weighted by atomic mass is 9.74. The standard InChI is InChI=1S/C40H43F2N5O5S/c1-6-51-37(48)25(2)19-26-9-7-10-27(20-26)40(23-43)16-8-15-39(3,4)24-53(49,50)18-14-30-29-13-17-44-34(29)22-33(42)35(30)52-28-11-12-32(41)31(21-28)36-45-38(40)46-47(36)5/h7,9-13,17,20-22,25,44H,6,8,14-16,18-19,24H2,1-5H3. The van der Waals surface area contributed by atoms with Gasteiger partial charge in [0, 0.05) is 35.8 Å². The summed E-state index contributed by atoms with van der Waals surface area (Å²) in [6.07, 6.45) is 3.12. The fourth-order valence-electron chi connectivity index (χ4n) is 7.31. The predicted molar refractivity (Wildman–Crippen MR) is 197 cm³/mol. The molecule has 2 aromatic heterocycles. The van der Waals surface area contributed by atoms with E-state index in [-0.39, 0.29) is 65.6 Å². The largest absolute Gasteiger partial charge is 0.466 e. The summed E-state index contributed by atoms with van der Waals surface area (Å²) < 4.78 is 71.5. The van der Waals surface area contributed by atoms with E-state index < -0.39 is 38.2 Å². The van der Waals surface area contributed by atoms with Gasteiger partial charge >= 0.3 is 5.97 Å². The molecule has 53 heavy (non-hydrogen) atoms. The van der Waals surface area contributed by atoms with Crippen molar-refractivity contribution in [2.24, 2.45) is 18.4 Å². The van der Waals surface area contributed by atoms with Gasteiger partial charge in [0.25, 0.3) is 0 Å². The molecule has 278 valence electrons. The molecule has 0 saturated carbocycles. The number of ether oxygens (including phenoxy) is 2. The van der Waals surface area contributed by atoms with Crippen LogP contribution in [0, 0.1) is 34.3 Å². The van der Waals surface area contributed by atoms with Gasteiger partial charge in [-0.05, 0) is 73.4 Å². The molecule has 0 radical (unpaired) electrons. The maximum absolute atomic E-state index is 15.7. The second-order valence-electron chi connectivity index (χ2n) is 14.7. The van der Waals surface area contributed by atoms with Crippen LogP contribution in [0.15, 0.2) is 60.8 Å². The van der Waals surface area contributed by atoms with Crippen LogP contribution in [0.25, 0.3) is 22.3 Å². The monoisotopic (exact) mass is 743 g/mol. The third kappa shape index (κ3) is 7.83. The number of rotatable bonds is 5. The van der Waals surface area contributed by atoms with Crippen molar-refractivity contribution in [3.63, 3.8) is 0 Å². The van der Waals surface area contributed by atoms with Gasteiger partial charge in [-0.25, -0.2) is 26.9 Å². The average molecular weight is 744 g/mol. The van der Waals surface area contributed by atoms with Crippen LogP contribution in [0.1, 0.15) is 69.5 Å². The number of fused-ring (bicyclic) bond motifs is 8. The second-order valence-corrected chi connectivity index (χ2v) is 16.8. The zero-order valence-corrected chi connectivity index (χ0v) is 31.3. The molecule has 0 fully saturated rings. The molecule has 3 aromatic carbocycles. The number of hydrogen-bond acceptors (Lipinski definition) is 8. The van der Waals surface area contributed by atoms with Gasteiger partial charge in [0.05, 0.1) is 35.7 Å². The normalized spacial score (nSPS) is 19.2. The van der Waals surface area contributed by atoms with E-state index in [1.54, 1.807) is 33.2 Å². The lowest BCUT2D eigenvalue weighted by molar-refractivity contribution is -0.147. The van der Waals surface area contributed by atoms with E-state index in [2.05, 4.69) is 16.2 Å². The number of aromatic nitrogens is 4. The van der Waals surface area contributed by atoms with Crippen molar-refractivity contribution in [1.29, 1.82) is 5.26 Å². The maximum Gasteiger partial charge on any atom is 0.308 e. The number of halogens is 2. The van der Waals surface area contributed by atoms with Gasteiger partial charge in [-0.2, -0.15) is 10.4 Å². The molecule has 5 aromatic rings. The highest BCUT2D eigenvalue weighted by atomic mass is 32.2. The number of sulfone groups is 1. The number of nitriles is 1. The van der Waals surface area contributed by atoms with E-state index in [4.69, 9.17) is 14.5 Å². The minimum Gasteiger partial charge on any atom is -0.466 e. The van der Waals surface area contributed by atoms with E-state index in [9.17, 15) is 18.5 Å². The van der Waals surface area contributed by atoms with E-state index in [0.717, 1.165) is 5.56 Å². The third-order valence-electron chi connectivity index (χ3n) is 9.93.